The molecule has 0 saturated carbocycles. The Morgan fingerprint density at radius 3 is 2.52 bits per heavy atom. The van der Waals surface area contributed by atoms with Crippen molar-refractivity contribution in [3.63, 3.8) is 0 Å². The number of phenols is 1. The quantitative estimate of drug-likeness (QED) is 0.574. The summed E-state index contributed by atoms with van der Waals surface area (Å²) in [5, 5.41) is 13.7. The van der Waals surface area contributed by atoms with E-state index in [4.69, 9.17) is 21.1 Å². The van der Waals surface area contributed by atoms with Crippen LogP contribution in [-0.2, 0) is 6.42 Å². The molecule has 1 amide bonds. The van der Waals surface area contributed by atoms with Crippen molar-refractivity contribution in [3.8, 4) is 17.2 Å². The van der Waals surface area contributed by atoms with Gasteiger partial charge in [-0.1, -0.05) is 35.9 Å². The Hall–Kier alpha value is -3.38. The number of nitrogens with one attached hydrogen (secondary N) is 1. The number of para-hydroxylation sites is 1. The van der Waals surface area contributed by atoms with Gasteiger partial charge in [-0.2, -0.15) is 0 Å². The van der Waals surface area contributed by atoms with Crippen LogP contribution in [0.1, 0.15) is 27.7 Å². The largest absolute Gasteiger partial charge is 0.503 e. The lowest BCUT2D eigenvalue weighted by molar-refractivity contribution is 0.0685. The van der Waals surface area contributed by atoms with Crippen LogP contribution in [0.2, 0.25) is 5.02 Å². The molecule has 1 heterocycles. The van der Waals surface area contributed by atoms with E-state index in [-0.39, 0.29) is 22.4 Å². The molecule has 0 fully saturated rings. The Morgan fingerprint density at radius 2 is 1.81 bits per heavy atom. The number of phenolic OH excluding ortho intramolecular Hbond substituents is 1. The molecule has 0 saturated heterocycles. The number of carbonyl (C=O) groups excluding carboxylic acids is 1. The molecular formula is C24H23ClN2O4. The molecule has 7 heteroatoms. The molecule has 0 aromatic heterocycles. The Morgan fingerprint density at radius 1 is 1.06 bits per heavy atom. The molecule has 0 unspecified atom stereocenters. The topological polar surface area (TPSA) is 71.0 Å². The van der Waals surface area contributed by atoms with Gasteiger partial charge in [0.25, 0.3) is 5.91 Å². The Bertz CT molecular complexity index is 1100. The number of carbonyl (C=O) groups is 1. The number of benzene rings is 3. The normalized spacial score (nSPS) is 15.3. The zero-order valence-corrected chi connectivity index (χ0v) is 18.0. The van der Waals surface area contributed by atoms with Crippen molar-refractivity contribution in [2.75, 3.05) is 26.1 Å². The number of anilines is 1. The van der Waals surface area contributed by atoms with Crippen LogP contribution in [0, 0.1) is 0 Å². The Labute approximate surface area is 186 Å². The number of fused-ring (bicyclic) bond motifs is 1. The molecule has 1 aliphatic heterocycles. The van der Waals surface area contributed by atoms with Crippen molar-refractivity contribution in [2.45, 2.75) is 12.6 Å². The van der Waals surface area contributed by atoms with Crippen LogP contribution in [0.3, 0.4) is 0 Å². The number of aromatic hydroxyl groups is 1. The van der Waals surface area contributed by atoms with Crippen LogP contribution >= 0.6 is 11.6 Å². The number of amides is 1. The van der Waals surface area contributed by atoms with Crippen LogP contribution in [0.4, 0.5) is 5.69 Å². The summed E-state index contributed by atoms with van der Waals surface area (Å²) in [6.07, 6.45) is 0.201. The molecule has 0 aliphatic carbocycles. The summed E-state index contributed by atoms with van der Waals surface area (Å²) in [5.41, 5.74) is 3.18. The monoisotopic (exact) mass is 438 g/mol. The Kier molecular flexibility index (Phi) is 5.91. The number of rotatable bonds is 6. The highest BCUT2D eigenvalue weighted by atomic mass is 35.5. The predicted octanol–water partition coefficient (Wildman–Crippen LogP) is 4.87. The van der Waals surface area contributed by atoms with E-state index in [1.165, 1.54) is 7.11 Å². The molecule has 4 rings (SSSR count). The van der Waals surface area contributed by atoms with Crippen LogP contribution < -0.4 is 14.8 Å². The van der Waals surface area contributed by atoms with E-state index in [1.807, 2.05) is 48.5 Å². The van der Waals surface area contributed by atoms with Gasteiger partial charge >= 0.3 is 0 Å². The summed E-state index contributed by atoms with van der Waals surface area (Å²) in [5.74, 6) is 0.846. The molecule has 2 N–H and O–H groups in total. The highest BCUT2D eigenvalue weighted by molar-refractivity contribution is 6.32. The van der Waals surface area contributed by atoms with Crippen LogP contribution in [0.15, 0.2) is 60.7 Å². The molecule has 3 aromatic carbocycles. The van der Waals surface area contributed by atoms with Gasteiger partial charge in [-0.05, 0) is 48.4 Å². The average molecular weight is 439 g/mol. The van der Waals surface area contributed by atoms with E-state index in [1.54, 1.807) is 24.1 Å². The third-order valence-corrected chi connectivity index (χ3v) is 5.70. The van der Waals surface area contributed by atoms with Crippen LogP contribution in [0.25, 0.3) is 0 Å². The lowest BCUT2D eigenvalue weighted by Gasteiger charge is -2.38. The number of nitrogens with zero attached hydrogens (tertiary/aromatic N) is 1. The first-order chi connectivity index (χ1) is 15.0. The molecule has 1 aliphatic rings. The van der Waals surface area contributed by atoms with Crippen LogP contribution in [-0.4, -0.2) is 36.7 Å². The third-order valence-electron chi connectivity index (χ3n) is 5.41. The third kappa shape index (κ3) is 4.11. The van der Waals surface area contributed by atoms with Crippen molar-refractivity contribution in [2.24, 2.45) is 0 Å². The lowest BCUT2D eigenvalue weighted by Crippen LogP contribution is -2.44. The summed E-state index contributed by atoms with van der Waals surface area (Å²) in [4.78, 5) is 15.2. The maximum Gasteiger partial charge on any atom is 0.257 e. The van der Waals surface area contributed by atoms with Gasteiger partial charge in [-0.15, -0.1) is 0 Å². The highest BCUT2D eigenvalue weighted by Crippen LogP contribution is 2.40. The molecule has 31 heavy (non-hydrogen) atoms. The zero-order chi connectivity index (χ0) is 22.0. The van der Waals surface area contributed by atoms with Gasteiger partial charge in [0.2, 0.25) is 0 Å². The molecule has 1 atom stereocenters. The number of methoxy groups -OCH3 is 2. The maximum atomic E-state index is 13.4. The average Bonchev–Trinajstić information content (AvgIpc) is 2.80. The van der Waals surface area contributed by atoms with E-state index >= 15 is 0 Å². The van der Waals surface area contributed by atoms with Gasteiger partial charge in [0.15, 0.2) is 11.5 Å². The van der Waals surface area contributed by atoms with Crippen molar-refractivity contribution in [1.29, 1.82) is 0 Å². The molecule has 6 nitrogen and oxygen atoms in total. The van der Waals surface area contributed by atoms with E-state index in [2.05, 4.69) is 5.32 Å². The molecule has 3 aromatic rings. The molecule has 160 valence electrons. The first kappa shape index (κ1) is 20.9. The second-order valence-corrected chi connectivity index (χ2v) is 7.65. The zero-order valence-electron chi connectivity index (χ0n) is 17.3. The van der Waals surface area contributed by atoms with E-state index in [9.17, 15) is 9.90 Å². The highest BCUT2D eigenvalue weighted by Gasteiger charge is 2.33. The second kappa shape index (κ2) is 8.78. The van der Waals surface area contributed by atoms with Gasteiger partial charge in [0.05, 0.1) is 24.8 Å². The minimum Gasteiger partial charge on any atom is -0.503 e. The first-order valence-electron chi connectivity index (χ1n) is 9.87. The van der Waals surface area contributed by atoms with Crippen molar-refractivity contribution in [3.05, 3.63) is 82.4 Å². The lowest BCUT2D eigenvalue weighted by atomic mass is 10.0. The van der Waals surface area contributed by atoms with E-state index < -0.39 is 6.17 Å². The van der Waals surface area contributed by atoms with Gasteiger partial charge in [-0.25, -0.2) is 0 Å². The van der Waals surface area contributed by atoms with Gasteiger partial charge in [0.1, 0.15) is 11.9 Å². The molecule has 0 spiro atoms. The number of ether oxygens (including phenoxy) is 2. The van der Waals surface area contributed by atoms with E-state index in [0.29, 0.717) is 18.5 Å². The van der Waals surface area contributed by atoms with Gasteiger partial charge in [0, 0.05) is 17.8 Å². The summed E-state index contributed by atoms with van der Waals surface area (Å²) in [6, 6.07) is 18.6. The smallest absolute Gasteiger partial charge is 0.257 e. The standard InChI is InChI=1S/C24H23ClN2O4/c1-30-17-9-7-15(8-10-17)11-12-27-23(16-13-19(25)22(28)21(14-16)31-2)26-20-6-4-3-5-18(20)24(27)29/h3-10,13-14,23,26,28H,11-12H2,1-2H3/t23-/m0/s1. The van der Waals surface area contributed by atoms with Crippen molar-refractivity contribution >= 4 is 23.2 Å². The molecule has 0 bridgehead atoms. The minimum absolute atomic E-state index is 0.0731. The van der Waals surface area contributed by atoms with Crippen molar-refractivity contribution < 1.29 is 19.4 Å². The number of hydrogen-bond donors (Lipinski definition) is 2. The molecular weight excluding hydrogens is 416 g/mol. The predicted molar refractivity (Wildman–Crippen MR) is 120 cm³/mol. The van der Waals surface area contributed by atoms with Gasteiger partial charge in [-0.3, -0.25) is 4.79 Å². The summed E-state index contributed by atoms with van der Waals surface area (Å²) in [6.45, 7) is 0.484. The fraction of sp³-hybridized carbons (Fsp3) is 0.208. The van der Waals surface area contributed by atoms with Gasteiger partial charge < -0.3 is 24.8 Å². The maximum absolute atomic E-state index is 13.4. The summed E-state index contributed by atoms with van der Waals surface area (Å²) >= 11 is 6.23. The summed E-state index contributed by atoms with van der Waals surface area (Å²) in [7, 11) is 3.09. The number of hydrogen-bond acceptors (Lipinski definition) is 5. The SMILES string of the molecule is COc1ccc(CCN2C(=O)c3ccccc3N[C@@H]2c2cc(Cl)c(O)c(OC)c2)cc1. The van der Waals surface area contributed by atoms with Crippen molar-refractivity contribution in [1.82, 2.24) is 4.90 Å². The number of halogens is 1. The fourth-order valence-electron chi connectivity index (χ4n) is 3.74. The minimum atomic E-state index is -0.465. The first-order valence-corrected chi connectivity index (χ1v) is 10.3. The Balaban J connectivity index is 1.68. The van der Waals surface area contributed by atoms with Crippen LogP contribution in [0.5, 0.6) is 17.2 Å². The summed E-state index contributed by atoms with van der Waals surface area (Å²) < 4.78 is 10.5. The van der Waals surface area contributed by atoms with E-state index in [0.717, 1.165) is 22.6 Å². The fourth-order valence-corrected chi connectivity index (χ4v) is 3.95. The molecule has 0 radical (unpaired) electrons. The second-order valence-electron chi connectivity index (χ2n) is 7.24.